The molecule has 2 fully saturated rings. The zero-order valence-corrected chi connectivity index (χ0v) is 20.6. The largest absolute Gasteiger partial charge is 0.497 e. The standard InChI is InChI=1S/C27H31N3O4S/c1-34-23-10-12-24(13-11-23)35(32,33)29-15-2-3-16-30-25(18-29)27(26(30)19-31)21-8-6-20(7-9-21)22-5-4-14-28-17-22/h4-14,17,25-27,31H,2-3,15-16,18-19H2,1H3/t25-,26+,27+/m1/s1. The van der Waals surface area contributed by atoms with Gasteiger partial charge in [-0.3, -0.25) is 9.88 Å². The fraction of sp³-hybridized carbons (Fsp3) is 0.370. The van der Waals surface area contributed by atoms with E-state index in [2.05, 4.69) is 34.1 Å². The Balaban J connectivity index is 1.41. The first-order valence-corrected chi connectivity index (χ1v) is 13.5. The number of aromatic nitrogens is 1. The molecule has 0 saturated carbocycles. The van der Waals surface area contributed by atoms with Crippen LogP contribution in [-0.2, 0) is 10.0 Å². The van der Waals surface area contributed by atoms with Gasteiger partial charge in [0.1, 0.15) is 5.75 Å². The zero-order chi connectivity index (χ0) is 24.4. The van der Waals surface area contributed by atoms with Crippen LogP contribution in [0.25, 0.3) is 11.1 Å². The Morgan fingerprint density at radius 2 is 1.74 bits per heavy atom. The van der Waals surface area contributed by atoms with Crippen molar-refractivity contribution in [2.75, 3.05) is 33.4 Å². The quantitative estimate of drug-likeness (QED) is 0.567. The van der Waals surface area contributed by atoms with Crippen molar-refractivity contribution >= 4 is 10.0 Å². The molecule has 184 valence electrons. The zero-order valence-electron chi connectivity index (χ0n) is 19.8. The van der Waals surface area contributed by atoms with Crippen molar-refractivity contribution in [2.45, 2.75) is 35.7 Å². The molecule has 0 radical (unpaired) electrons. The Morgan fingerprint density at radius 1 is 1.00 bits per heavy atom. The third kappa shape index (κ3) is 4.59. The van der Waals surface area contributed by atoms with Gasteiger partial charge in [0.05, 0.1) is 18.6 Å². The minimum absolute atomic E-state index is 0.00659. The Kier molecular flexibility index (Phi) is 6.88. The molecule has 0 bridgehead atoms. The molecule has 0 amide bonds. The molecule has 2 aromatic carbocycles. The van der Waals surface area contributed by atoms with Crippen molar-refractivity contribution in [2.24, 2.45) is 0 Å². The van der Waals surface area contributed by atoms with E-state index in [0.717, 1.165) is 36.1 Å². The van der Waals surface area contributed by atoms with E-state index in [1.54, 1.807) is 41.9 Å². The number of rotatable bonds is 6. The molecular weight excluding hydrogens is 462 g/mol. The topological polar surface area (TPSA) is 83.0 Å². The molecule has 2 aliphatic heterocycles. The molecule has 1 aromatic heterocycles. The van der Waals surface area contributed by atoms with E-state index in [4.69, 9.17) is 4.74 Å². The van der Waals surface area contributed by atoms with Gasteiger partial charge >= 0.3 is 0 Å². The fourth-order valence-electron chi connectivity index (χ4n) is 5.46. The summed E-state index contributed by atoms with van der Waals surface area (Å²) in [6.07, 6.45) is 5.29. The molecule has 8 heteroatoms. The number of methoxy groups -OCH3 is 1. The number of pyridine rings is 1. The number of nitrogens with zero attached hydrogens (tertiary/aromatic N) is 3. The van der Waals surface area contributed by atoms with Crippen LogP contribution in [0.1, 0.15) is 24.3 Å². The van der Waals surface area contributed by atoms with E-state index in [1.807, 2.05) is 18.3 Å². The number of fused-ring (bicyclic) bond motifs is 1. The summed E-state index contributed by atoms with van der Waals surface area (Å²) in [5, 5.41) is 10.2. The van der Waals surface area contributed by atoms with E-state index in [-0.39, 0.29) is 29.5 Å². The molecular formula is C27H31N3O4S. The maximum absolute atomic E-state index is 13.5. The van der Waals surface area contributed by atoms with E-state index in [1.165, 1.54) is 0 Å². The summed E-state index contributed by atoms with van der Waals surface area (Å²) in [5.74, 6) is 0.692. The van der Waals surface area contributed by atoms with Crippen molar-refractivity contribution < 1.29 is 18.3 Å². The van der Waals surface area contributed by atoms with Crippen molar-refractivity contribution in [1.82, 2.24) is 14.2 Å². The number of aliphatic hydroxyl groups excluding tert-OH is 1. The smallest absolute Gasteiger partial charge is 0.243 e. The lowest BCUT2D eigenvalue weighted by molar-refractivity contribution is -0.0553. The summed E-state index contributed by atoms with van der Waals surface area (Å²) in [7, 11) is -2.08. The normalized spacial score (nSPS) is 23.5. The molecule has 3 heterocycles. The molecule has 7 nitrogen and oxygen atoms in total. The van der Waals surface area contributed by atoms with Gasteiger partial charge in [-0.25, -0.2) is 8.42 Å². The maximum Gasteiger partial charge on any atom is 0.243 e. The van der Waals surface area contributed by atoms with Crippen molar-refractivity contribution in [3.05, 3.63) is 78.6 Å². The molecule has 0 spiro atoms. The van der Waals surface area contributed by atoms with Crippen LogP contribution in [0.4, 0.5) is 0 Å². The highest BCUT2D eigenvalue weighted by molar-refractivity contribution is 7.89. The van der Waals surface area contributed by atoms with Gasteiger partial charge in [-0.2, -0.15) is 4.31 Å². The predicted molar refractivity (Wildman–Crippen MR) is 135 cm³/mol. The molecule has 3 atom stereocenters. The predicted octanol–water partition coefficient (Wildman–Crippen LogP) is 3.37. The van der Waals surface area contributed by atoms with Gasteiger partial charge in [0.25, 0.3) is 0 Å². The maximum atomic E-state index is 13.5. The lowest BCUT2D eigenvalue weighted by Gasteiger charge is -2.57. The lowest BCUT2D eigenvalue weighted by Crippen LogP contribution is -2.67. The van der Waals surface area contributed by atoms with Crippen LogP contribution in [0.5, 0.6) is 5.75 Å². The van der Waals surface area contributed by atoms with Gasteiger partial charge in [-0.15, -0.1) is 0 Å². The summed E-state index contributed by atoms with van der Waals surface area (Å²) >= 11 is 0. The Bertz CT molecular complexity index is 1230. The molecule has 0 unspecified atom stereocenters. The van der Waals surface area contributed by atoms with E-state index in [0.29, 0.717) is 18.8 Å². The van der Waals surface area contributed by atoms with Crippen LogP contribution >= 0.6 is 0 Å². The number of hydrogen-bond donors (Lipinski definition) is 1. The fourth-order valence-corrected chi connectivity index (χ4v) is 6.95. The summed E-state index contributed by atoms with van der Waals surface area (Å²) in [5.41, 5.74) is 3.26. The Hall–Kier alpha value is -2.78. The molecule has 2 aliphatic rings. The first kappa shape index (κ1) is 23.9. The number of aliphatic hydroxyl groups is 1. The van der Waals surface area contributed by atoms with Gasteiger partial charge in [0, 0.05) is 43.5 Å². The van der Waals surface area contributed by atoms with Gasteiger partial charge < -0.3 is 9.84 Å². The number of ether oxygens (including phenoxy) is 1. The highest BCUT2D eigenvalue weighted by atomic mass is 32.2. The minimum atomic E-state index is -3.64. The second-order valence-electron chi connectivity index (χ2n) is 9.19. The highest BCUT2D eigenvalue weighted by Gasteiger charge is 2.50. The molecule has 3 aromatic rings. The second kappa shape index (κ2) is 10.1. The number of benzene rings is 2. The molecule has 5 rings (SSSR count). The summed E-state index contributed by atoms with van der Waals surface area (Å²) in [6.45, 7) is 1.82. The van der Waals surface area contributed by atoms with Crippen LogP contribution in [0.3, 0.4) is 0 Å². The average Bonchev–Trinajstić information content (AvgIpc) is 2.88. The van der Waals surface area contributed by atoms with Crippen molar-refractivity contribution in [3.8, 4) is 16.9 Å². The van der Waals surface area contributed by atoms with Crippen LogP contribution in [0.2, 0.25) is 0 Å². The summed E-state index contributed by atoms with van der Waals surface area (Å²) in [6, 6.07) is 18.9. The van der Waals surface area contributed by atoms with Gasteiger partial charge in [-0.05, 0) is 66.4 Å². The highest BCUT2D eigenvalue weighted by Crippen LogP contribution is 2.43. The molecule has 35 heavy (non-hydrogen) atoms. The summed E-state index contributed by atoms with van der Waals surface area (Å²) in [4.78, 5) is 6.77. The Labute approximate surface area is 207 Å². The first-order chi connectivity index (χ1) is 17.0. The second-order valence-corrected chi connectivity index (χ2v) is 11.1. The van der Waals surface area contributed by atoms with E-state index >= 15 is 0 Å². The molecule has 2 saturated heterocycles. The third-order valence-corrected chi connectivity index (χ3v) is 9.20. The van der Waals surface area contributed by atoms with Crippen LogP contribution < -0.4 is 4.74 Å². The van der Waals surface area contributed by atoms with Gasteiger partial charge in [0.2, 0.25) is 10.0 Å². The van der Waals surface area contributed by atoms with Crippen LogP contribution in [0, 0.1) is 0 Å². The minimum Gasteiger partial charge on any atom is -0.497 e. The number of hydrogen-bond acceptors (Lipinski definition) is 6. The molecule has 1 N–H and O–H groups in total. The molecule has 0 aliphatic carbocycles. The van der Waals surface area contributed by atoms with E-state index in [9.17, 15) is 13.5 Å². The van der Waals surface area contributed by atoms with Crippen molar-refractivity contribution in [3.63, 3.8) is 0 Å². The Morgan fingerprint density at radius 3 is 2.40 bits per heavy atom. The average molecular weight is 494 g/mol. The van der Waals surface area contributed by atoms with E-state index < -0.39 is 10.0 Å². The third-order valence-electron chi connectivity index (χ3n) is 7.32. The number of sulfonamides is 1. The van der Waals surface area contributed by atoms with Crippen LogP contribution in [-0.4, -0.2) is 73.1 Å². The SMILES string of the molecule is COc1ccc(S(=O)(=O)N2CCCCN3[C@H](C2)[C@H](c2ccc(-c4cccnc4)cc2)[C@@H]3CO)cc1. The lowest BCUT2D eigenvalue weighted by atomic mass is 9.74. The van der Waals surface area contributed by atoms with Crippen LogP contribution in [0.15, 0.2) is 78.0 Å². The van der Waals surface area contributed by atoms with Gasteiger partial charge in [0.15, 0.2) is 0 Å². The summed E-state index contributed by atoms with van der Waals surface area (Å²) < 4.78 is 33.9. The first-order valence-electron chi connectivity index (χ1n) is 12.0. The van der Waals surface area contributed by atoms with Crippen molar-refractivity contribution in [1.29, 1.82) is 0 Å². The monoisotopic (exact) mass is 493 g/mol. The van der Waals surface area contributed by atoms with Gasteiger partial charge in [-0.1, -0.05) is 30.3 Å².